The Morgan fingerprint density at radius 1 is 1.00 bits per heavy atom. The summed E-state index contributed by atoms with van der Waals surface area (Å²) in [5.41, 5.74) is 0. The molecule has 98 valence electrons. The van der Waals surface area contributed by atoms with Crippen molar-refractivity contribution < 1.29 is 29.9 Å². The highest BCUT2D eigenvalue weighted by molar-refractivity contribution is 7.86. The molecule has 0 bridgehead atoms. The minimum atomic E-state index is -3.52. The van der Waals surface area contributed by atoms with Gasteiger partial charge in [-0.15, -0.1) is 0 Å². The predicted octanol–water partition coefficient (Wildman–Crippen LogP) is -0.656. The van der Waals surface area contributed by atoms with Gasteiger partial charge in [-0.05, 0) is 0 Å². The Labute approximate surface area is 95.9 Å². The van der Waals surface area contributed by atoms with E-state index >= 15 is 0 Å². The summed E-state index contributed by atoms with van der Waals surface area (Å²) in [4.78, 5) is 0. The maximum absolute atomic E-state index is 10.7. The molecule has 0 aliphatic heterocycles. The summed E-state index contributed by atoms with van der Waals surface area (Å²) < 4.78 is 56.5. The summed E-state index contributed by atoms with van der Waals surface area (Å²) in [6.07, 6.45) is 1.55. The molecule has 1 unspecified atom stereocenters. The monoisotopic (exact) mass is 276 g/mol. The fourth-order valence-electron chi connectivity index (χ4n) is 0.800. The van der Waals surface area contributed by atoms with E-state index in [-0.39, 0.29) is 19.6 Å². The predicted molar refractivity (Wildman–Crippen MR) is 57.0 cm³/mol. The number of hydrogen-bond acceptors (Lipinski definition) is 7. The van der Waals surface area contributed by atoms with Crippen LogP contribution in [-0.2, 0) is 33.3 Å². The van der Waals surface area contributed by atoms with Crippen LogP contribution in [0.15, 0.2) is 0 Å². The molecule has 1 atom stereocenters. The van der Waals surface area contributed by atoms with Crippen molar-refractivity contribution in [3.63, 3.8) is 0 Å². The molecule has 0 aliphatic rings. The quantitative estimate of drug-likeness (QED) is 0.543. The van der Waals surface area contributed by atoms with E-state index in [0.717, 1.165) is 12.5 Å². The van der Waals surface area contributed by atoms with E-state index < -0.39 is 26.3 Å². The van der Waals surface area contributed by atoms with E-state index in [9.17, 15) is 16.8 Å². The molecule has 0 aliphatic carbocycles. The van der Waals surface area contributed by atoms with Crippen LogP contribution in [-0.4, -0.2) is 55.8 Å². The summed E-state index contributed by atoms with van der Waals surface area (Å²) in [7, 11) is -5.64. The van der Waals surface area contributed by atoms with E-state index in [1.54, 1.807) is 0 Å². The van der Waals surface area contributed by atoms with Crippen LogP contribution in [0.5, 0.6) is 0 Å². The average Bonchev–Trinajstić information content (AvgIpc) is 2.07. The highest BCUT2D eigenvalue weighted by Gasteiger charge is 2.13. The molecule has 9 heteroatoms. The molecule has 0 N–H and O–H groups in total. The second-order valence-electron chi connectivity index (χ2n) is 3.16. The van der Waals surface area contributed by atoms with Gasteiger partial charge in [0.15, 0.2) is 0 Å². The fraction of sp³-hybridized carbons (Fsp3) is 1.00. The number of hydrogen-bond donors (Lipinski definition) is 0. The Morgan fingerprint density at radius 2 is 1.50 bits per heavy atom. The van der Waals surface area contributed by atoms with Crippen molar-refractivity contribution in [2.24, 2.45) is 0 Å². The molecule has 0 fully saturated rings. The molecule has 0 amide bonds. The van der Waals surface area contributed by atoms with E-state index in [1.807, 2.05) is 0 Å². The number of methoxy groups -OCH3 is 1. The van der Waals surface area contributed by atoms with Crippen LogP contribution in [0.4, 0.5) is 0 Å². The van der Waals surface area contributed by atoms with Crippen molar-refractivity contribution >= 4 is 20.2 Å². The number of ether oxygens (including phenoxy) is 1. The molecule has 0 spiro atoms. The topological polar surface area (TPSA) is 96.0 Å². The molecular weight excluding hydrogens is 260 g/mol. The third kappa shape index (κ3) is 10.3. The van der Waals surface area contributed by atoms with Gasteiger partial charge in [0.05, 0.1) is 31.8 Å². The molecule has 0 rings (SSSR count). The van der Waals surface area contributed by atoms with Crippen molar-refractivity contribution in [3.8, 4) is 0 Å². The van der Waals surface area contributed by atoms with Crippen LogP contribution < -0.4 is 0 Å². The molecule has 0 aromatic rings. The zero-order valence-corrected chi connectivity index (χ0v) is 11.0. The lowest BCUT2D eigenvalue weighted by molar-refractivity contribution is 0.0451. The summed E-state index contributed by atoms with van der Waals surface area (Å²) in [5.74, 6) is 0. The van der Waals surface area contributed by atoms with Gasteiger partial charge < -0.3 is 4.74 Å². The third-order valence-corrected chi connectivity index (χ3v) is 2.70. The van der Waals surface area contributed by atoms with Crippen molar-refractivity contribution in [2.75, 3.05) is 32.8 Å². The maximum atomic E-state index is 10.7. The molecule has 0 aromatic heterocycles. The van der Waals surface area contributed by atoms with Gasteiger partial charge in [0.25, 0.3) is 20.2 Å². The first-order valence-corrected chi connectivity index (χ1v) is 7.99. The Bertz CT molecular complexity index is 383. The highest BCUT2D eigenvalue weighted by atomic mass is 32.2. The molecule has 0 radical (unpaired) electrons. The first kappa shape index (κ1) is 15.8. The average molecular weight is 276 g/mol. The second-order valence-corrected chi connectivity index (χ2v) is 6.45. The Hall–Kier alpha value is -0.220. The smallest absolute Gasteiger partial charge is 0.264 e. The van der Waals surface area contributed by atoms with E-state index in [0.29, 0.717) is 0 Å². The third-order valence-electron chi connectivity index (χ3n) is 1.54. The summed E-state index contributed by atoms with van der Waals surface area (Å²) in [6, 6.07) is 0. The SMILES string of the molecule is COC(CCOS(C)(=O)=O)COS(C)(=O)=O. The van der Waals surface area contributed by atoms with Crippen molar-refractivity contribution in [3.05, 3.63) is 0 Å². The van der Waals surface area contributed by atoms with Crippen molar-refractivity contribution in [2.45, 2.75) is 12.5 Å². The first-order chi connectivity index (χ1) is 7.14. The van der Waals surface area contributed by atoms with Crippen molar-refractivity contribution in [1.82, 2.24) is 0 Å². The van der Waals surface area contributed by atoms with Gasteiger partial charge in [-0.2, -0.15) is 16.8 Å². The Morgan fingerprint density at radius 3 is 1.88 bits per heavy atom. The molecule has 7 nitrogen and oxygen atoms in total. The lowest BCUT2D eigenvalue weighted by Gasteiger charge is -2.13. The summed E-state index contributed by atoms with van der Waals surface area (Å²) >= 11 is 0. The summed E-state index contributed by atoms with van der Waals surface area (Å²) in [6.45, 7) is -0.243. The van der Waals surface area contributed by atoms with Gasteiger partial charge >= 0.3 is 0 Å². The molecule has 0 aromatic carbocycles. The van der Waals surface area contributed by atoms with Crippen LogP contribution >= 0.6 is 0 Å². The normalized spacial score (nSPS) is 14.9. The van der Waals surface area contributed by atoms with Crippen LogP contribution in [0.3, 0.4) is 0 Å². The first-order valence-electron chi connectivity index (χ1n) is 4.35. The zero-order chi connectivity index (χ0) is 12.8. The zero-order valence-electron chi connectivity index (χ0n) is 9.37. The van der Waals surface area contributed by atoms with Gasteiger partial charge in [0.2, 0.25) is 0 Å². The summed E-state index contributed by atoms with van der Waals surface area (Å²) in [5, 5.41) is 0. The molecule has 16 heavy (non-hydrogen) atoms. The van der Waals surface area contributed by atoms with Gasteiger partial charge in [0.1, 0.15) is 0 Å². The molecular formula is C7H16O7S2. The standard InChI is InChI=1S/C7H16O7S2/c1-12-7(6-14-16(3,10)11)4-5-13-15(2,8)9/h7H,4-6H2,1-3H3. The molecule has 0 heterocycles. The molecule has 0 saturated heterocycles. The maximum Gasteiger partial charge on any atom is 0.264 e. The van der Waals surface area contributed by atoms with E-state index in [4.69, 9.17) is 4.74 Å². The van der Waals surface area contributed by atoms with E-state index in [2.05, 4.69) is 8.37 Å². The van der Waals surface area contributed by atoms with Crippen LogP contribution in [0.25, 0.3) is 0 Å². The van der Waals surface area contributed by atoms with Gasteiger partial charge in [-0.1, -0.05) is 0 Å². The Balaban J connectivity index is 3.94. The Kier molecular flexibility index (Phi) is 6.41. The lowest BCUT2D eigenvalue weighted by atomic mass is 10.3. The van der Waals surface area contributed by atoms with Crippen LogP contribution in [0.1, 0.15) is 6.42 Å². The van der Waals surface area contributed by atoms with Crippen molar-refractivity contribution in [1.29, 1.82) is 0 Å². The van der Waals surface area contributed by atoms with Crippen LogP contribution in [0.2, 0.25) is 0 Å². The minimum Gasteiger partial charge on any atom is -0.379 e. The van der Waals surface area contributed by atoms with E-state index in [1.165, 1.54) is 7.11 Å². The van der Waals surface area contributed by atoms with Gasteiger partial charge in [-0.3, -0.25) is 8.37 Å². The second kappa shape index (κ2) is 6.50. The minimum absolute atomic E-state index is 0.0789. The highest BCUT2D eigenvalue weighted by Crippen LogP contribution is 2.02. The largest absolute Gasteiger partial charge is 0.379 e. The van der Waals surface area contributed by atoms with Gasteiger partial charge in [-0.25, -0.2) is 0 Å². The van der Waals surface area contributed by atoms with Crippen LogP contribution in [0, 0.1) is 0 Å². The lowest BCUT2D eigenvalue weighted by Crippen LogP contribution is -2.23. The van der Waals surface area contributed by atoms with Gasteiger partial charge in [0, 0.05) is 13.5 Å². The molecule has 0 saturated carbocycles. The number of rotatable bonds is 8. The fourth-order valence-corrected chi connectivity index (χ4v) is 1.60.